The van der Waals surface area contributed by atoms with Crippen molar-refractivity contribution in [3.8, 4) is 0 Å². The van der Waals surface area contributed by atoms with Crippen molar-refractivity contribution in [1.82, 2.24) is 10.2 Å². The number of sulfonamides is 1. The molecule has 0 heterocycles. The van der Waals surface area contributed by atoms with Gasteiger partial charge in [-0.2, -0.15) is 0 Å². The van der Waals surface area contributed by atoms with Crippen molar-refractivity contribution in [2.24, 2.45) is 0 Å². The van der Waals surface area contributed by atoms with Gasteiger partial charge in [-0.1, -0.05) is 109 Å². The first-order valence-electron chi connectivity index (χ1n) is 16.6. The molecule has 4 aromatic carbocycles. The Balaban J connectivity index is 1.58. The summed E-state index contributed by atoms with van der Waals surface area (Å²) in [6.45, 7) is 5.26. The fourth-order valence-corrected chi connectivity index (χ4v) is 8.06. The predicted molar refractivity (Wildman–Crippen MR) is 193 cm³/mol. The highest BCUT2D eigenvalue weighted by Crippen LogP contribution is 2.30. The van der Waals surface area contributed by atoms with Crippen molar-refractivity contribution in [3.63, 3.8) is 0 Å². The maximum Gasteiger partial charge on any atom is 0.264 e. The standard InChI is InChI=1S/C39H44ClN3O4S/c1-28-17-20-35(21-18-28)48(46,47)43(36-22-19-33(40)24-30(36)3)27-38(44)42(26-32-14-10-11-29(2)23-32)37(25-31-12-6-4-7-13-31)39(45)41-34-15-8-5-9-16-34/h4,6-7,10-14,17-24,34,37H,5,8-9,15-16,25-27H2,1-3H3,(H,41,45)/t37-/m0/s1. The van der Waals surface area contributed by atoms with Gasteiger partial charge in [-0.25, -0.2) is 8.42 Å². The van der Waals surface area contributed by atoms with E-state index >= 15 is 0 Å². The van der Waals surface area contributed by atoms with E-state index in [1.54, 1.807) is 54.3 Å². The van der Waals surface area contributed by atoms with Crippen LogP contribution >= 0.6 is 11.6 Å². The van der Waals surface area contributed by atoms with Crippen molar-refractivity contribution in [2.45, 2.75) is 82.8 Å². The number of nitrogens with zero attached hydrogens (tertiary/aromatic N) is 2. The van der Waals surface area contributed by atoms with Gasteiger partial charge in [0, 0.05) is 24.0 Å². The largest absolute Gasteiger partial charge is 0.352 e. The van der Waals surface area contributed by atoms with E-state index in [0.717, 1.165) is 58.7 Å². The highest BCUT2D eigenvalue weighted by Gasteiger charge is 2.36. The smallest absolute Gasteiger partial charge is 0.264 e. The first-order valence-corrected chi connectivity index (χ1v) is 18.4. The van der Waals surface area contributed by atoms with Gasteiger partial charge in [-0.05, 0) is 80.6 Å². The van der Waals surface area contributed by atoms with Gasteiger partial charge in [0.05, 0.1) is 10.6 Å². The predicted octanol–water partition coefficient (Wildman–Crippen LogP) is 7.55. The van der Waals surface area contributed by atoms with E-state index in [-0.39, 0.29) is 29.8 Å². The summed E-state index contributed by atoms with van der Waals surface area (Å²) in [5.41, 5.74) is 4.63. The number of hydrogen-bond donors (Lipinski definition) is 1. The van der Waals surface area contributed by atoms with Crippen molar-refractivity contribution in [1.29, 1.82) is 0 Å². The molecule has 0 bridgehead atoms. The molecule has 0 aliphatic heterocycles. The van der Waals surface area contributed by atoms with Gasteiger partial charge < -0.3 is 10.2 Å². The lowest BCUT2D eigenvalue weighted by molar-refractivity contribution is -0.140. The third-order valence-electron chi connectivity index (χ3n) is 8.97. The number of carbonyl (C=O) groups is 2. The van der Waals surface area contributed by atoms with Crippen LogP contribution in [0.4, 0.5) is 5.69 Å². The molecule has 0 saturated heterocycles. The maximum atomic E-state index is 14.8. The van der Waals surface area contributed by atoms with Crippen LogP contribution in [0.5, 0.6) is 0 Å². The number of nitrogens with one attached hydrogen (secondary N) is 1. The summed E-state index contributed by atoms with van der Waals surface area (Å²) in [7, 11) is -4.20. The summed E-state index contributed by atoms with van der Waals surface area (Å²) in [5.74, 6) is -0.719. The van der Waals surface area contributed by atoms with Crippen molar-refractivity contribution >= 4 is 39.1 Å². The molecule has 1 aliphatic carbocycles. The van der Waals surface area contributed by atoms with Crippen molar-refractivity contribution in [2.75, 3.05) is 10.8 Å². The molecule has 0 radical (unpaired) electrons. The van der Waals surface area contributed by atoms with Crippen molar-refractivity contribution < 1.29 is 18.0 Å². The SMILES string of the molecule is Cc1ccc(S(=O)(=O)N(CC(=O)N(Cc2cccc(C)c2)[C@@H](Cc2ccccc2)C(=O)NC2CCCCC2)c2ccc(Cl)cc2C)cc1. The number of halogens is 1. The molecular formula is C39H44ClN3O4S. The third-order valence-corrected chi connectivity index (χ3v) is 11.0. The highest BCUT2D eigenvalue weighted by atomic mass is 35.5. The van der Waals surface area contributed by atoms with Crippen LogP contribution in [0.25, 0.3) is 0 Å². The van der Waals surface area contributed by atoms with E-state index in [1.165, 1.54) is 0 Å². The van der Waals surface area contributed by atoms with Crippen molar-refractivity contribution in [3.05, 3.63) is 130 Å². The van der Waals surface area contributed by atoms with Gasteiger partial charge in [0.2, 0.25) is 11.8 Å². The minimum Gasteiger partial charge on any atom is -0.352 e. The van der Waals surface area contributed by atoms with Gasteiger partial charge in [-0.3, -0.25) is 13.9 Å². The third kappa shape index (κ3) is 8.85. The van der Waals surface area contributed by atoms with Crippen LogP contribution < -0.4 is 9.62 Å². The topological polar surface area (TPSA) is 86.8 Å². The lowest BCUT2D eigenvalue weighted by Gasteiger charge is -2.35. The second-order valence-electron chi connectivity index (χ2n) is 12.8. The van der Waals surface area contributed by atoms with E-state index in [4.69, 9.17) is 11.6 Å². The van der Waals surface area contributed by atoms with E-state index in [1.807, 2.05) is 68.4 Å². The van der Waals surface area contributed by atoms with E-state index in [2.05, 4.69) is 5.32 Å². The average Bonchev–Trinajstić information content (AvgIpc) is 3.06. The van der Waals surface area contributed by atoms with Crippen LogP contribution in [0.3, 0.4) is 0 Å². The molecule has 5 rings (SSSR count). The molecule has 4 aromatic rings. The molecule has 7 nitrogen and oxygen atoms in total. The summed E-state index contributed by atoms with van der Waals surface area (Å²) in [6.07, 6.45) is 5.32. The van der Waals surface area contributed by atoms with E-state index in [0.29, 0.717) is 16.3 Å². The van der Waals surface area contributed by atoms with Gasteiger partial charge >= 0.3 is 0 Å². The van der Waals surface area contributed by atoms with E-state index < -0.39 is 28.5 Å². The number of rotatable bonds is 12. The zero-order valence-electron chi connectivity index (χ0n) is 27.9. The molecule has 2 amide bonds. The normalized spacial score (nSPS) is 14.2. The quantitative estimate of drug-likeness (QED) is 0.167. The molecule has 9 heteroatoms. The number of amides is 2. The monoisotopic (exact) mass is 685 g/mol. The molecule has 1 saturated carbocycles. The second kappa shape index (κ2) is 15.8. The Labute approximate surface area is 290 Å². The van der Waals surface area contributed by atoms with Crippen LogP contribution in [-0.4, -0.2) is 43.8 Å². The number of benzene rings is 4. The Morgan fingerprint density at radius 1 is 0.812 bits per heavy atom. The number of hydrogen-bond acceptors (Lipinski definition) is 4. The average molecular weight is 686 g/mol. The number of carbonyl (C=O) groups excluding carboxylic acids is 2. The number of anilines is 1. The minimum atomic E-state index is -4.20. The fourth-order valence-electron chi connectivity index (χ4n) is 6.35. The van der Waals surface area contributed by atoms with Crippen LogP contribution in [-0.2, 0) is 32.6 Å². The summed E-state index contributed by atoms with van der Waals surface area (Å²) >= 11 is 6.28. The molecule has 0 spiro atoms. The maximum absolute atomic E-state index is 14.8. The van der Waals surface area contributed by atoms with E-state index in [9.17, 15) is 18.0 Å². The van der Waals surface area contributed by atoms with Crippen LogP contribution in [0.15, 0.2) is 102 Å². The van der Waals surface area contributed by atoms with Gasteiger partial charge in [0.25, 0.3) is 10.0 Å². The molecule has 0 aromatic heterocycles. The molecule has 1 N–H and O–H groups in total. The zero-order chi connectivity index (χ0) is 34.3. The first kappa shape index (κ1) is 35.2. The minimum absolute atomic E-state index is 0.0376. The molecular weight excluding hydrogens is 642 g/mol. The van der Waals surface area contributed by atoms with Gasteiger partial charge in [0.15, 0.2) is 0 Å². The fraction of sp³-hybridized carbons (Fsp3) is 0.333. The molecule has 0 unspecified atom stereocenters. The van der Waals surface area contributed by atoms with Crippen LogP contribution in [0, 0.1) is 20.8 Å². The summed E-state index contributed by atoms with van der Waals surface area (Å²) < 4.78 is 29.8. The summed E-state index contributed by atoms with van der Waals surface area (Å²) in [5, 5.41) is 3.71. The van der Waals surface area contributed by atoms with Gasteiger partial charge in [-0.15, -0.1) is 0 Å². The van der Waals surface area contributed by atoms with Gasteiger partial charge in [0.1, 0.15) is 12.6 Å². The Kier molecular flexibility index (Phi) is 11.6. The molecule has 1 fully saturated rings. The summed E-state index contributed by atoms with van der Waals surface area (Å²) in [6, 6.07) is 28.1. The first-order chi connectivity index (χ1) is 23.0. The Bertz CT molecular complexity index is 1820. The lowest BCUT2D eigenvalue weighted by Crippen LogP contribution is -2.55. The molecule has 1 atom stereocenters. The lowest BCUT2D eigenvalue weighted by atomic mass is 9.94. The molecule has 48 heavy (non-hydrogen) atoms. The van der Waals surface area contributed by atoms with Crippen LogP contribution in [0.1, 0.15) is 59.9 Å². The van der Waals surface area contributed by atoms with Crippen LogP contribution in [0.2, 0.25) is 5.02 Å². The highest BCUT2D eigenvalue weighted by molar-refractivity contribution is 7.92. The molecule has 1 aliphatic rings. The Hall–Kier alpha value is -4.14. The Morgan fingerprint density at radius 3 is 2.17 bits per heavy atom. The number of aryl methyl sites for hydroxylation is 3. The second-order valence-corrected chi connectivity index (χ2v) is 15.1. The molecule has 252 valence electrons. The Morgan fingerprint density at radius 2 is 1.50 bits per heavy atom. The zero-order valence-corrected chi connectivity index (χ0v) is 29.4. The summed E-state index contributed by atoms with van der Waals surface area (Å²) in [4.78, 5) is 30.7.